The van der Waals surface area contributed by atoms with Crippen LogP contribution in [-0.4, -0.2) is 13.2 Å². The van der Waals surface area contributed by atoms with Gasteiger partial charge >= 0.3 is 0 Å². The molecule has 0 saturated carbocycles. The highest BCUT2D eigenvalue weighted by Crippen LogP contribution is 2.28. The fourth-order valence-electron chi connectivity index (χ4n) is 1.26. The second-order valence-electron chi connectivity index (χ2n) is 3.80. The van der Waals surface area contributed by atoms with E-state index in [1.54, 1.807) is 18.2 Å². The minimum Gasteiger partial charge on any atom is -0.490 e. The Bertz CT molecular complexity index is 440. The molecule has 0 aliphatic heterocycles. The number of benzene rings is 1. The summed E-state index contributed by atoms with van der Waals surface area (Å²) in [6.07, 6.45) is 1.99. The summed E-state index contributed by atoms with van der Waals surface area (Å²) in [6, 6.07) is 7.26. The van der Waals surface area contributed by atoms with E-state index in [2.05, 4.69) is 6.07 Å². The molecule has 0 aliphatic carbocycles. The number of nitrogens with zero attached hydrogens (tertiary/aromatic N) is 1. The Morgan fingerprint density at radius 2 is 2.06 bits per heavy atom. The van der Waals surface area contributed by atoms with Gasteiger partial charge in [0.05, 0.1) is 18.2 Å². The predicted octanol–water partition coefficient (Wildman–Crippen LogP) is 3.30. The van der Waals surface area contributed by atoms with Crippen LogP contribution < -0.4 is 9.47 Å². The van der Waals surface area contributed by atoms with Gasteiger partial charge in [0.2, 0.25) is 0 Å². The van der Waals surface area contributed by atoms with Crippen LogP contribution in [-0.2, 0) is 0 Å². The van der Waals surface area contributed by atoms with E-state index in [9.17, 15) is 0 Å². The monoisotopic (exact) mass is 231 g/mol. The van der Waals surface area contributed by atoms with Gasteiger partial charge in [-0.05, 0) is 39.0 Å². The highest BCUT2D eigenvalue weighted by Gasteiger charge is 2.05. The van der Waals surface area contributed by atoms with E-state index >= 15 is 0 Å². The number of hydrogen-bond donors (Lipinski definition) is 0. The van der Waals surface area contributed by atoms with Crippen LogP contribution in [0.15, 0.2) is 29.8 Å². The van der Waals surface area contributed by atoms with Gasteiger partial charge in [-0.3, -0.25) is 0 Å². The van der Waals surface area contributed by atoms with Crippen molar-refractivity contribution in [3.8, 4) is 17.6 Å². The summed E-state index contributed by atoms with van der Waals surface area (Å²) in [4.78, 5) is 0. The van der Waals surface area contributed by atoms with Crippen LogP contribution in [0.1, 0.15) is 26.3 Å². The van der Waals surface area contributed by atoms with Gasteiger partial charge in [0, 0.05) is 6.07 Å². The minimum absolute atomic E-state index is 0.508. The molecule has 0 bridgehead atoms. The second-order valence-corrected chi connectivity index (χ2v) is 3.80. The van der Waals surface area contributed by atoms with E-state index < -0.39 is 0 Å². The van der Waals surface area contributed by atoms with Crippen LogP contribution in [0, 0.1) is 11.3 Å². The van der Waals surface area contributed by atoms with Crippen molar-refractivity contribution in [3.63, 3.8) is 0 Å². The molecule has 0 amide bonds. The van der Waals surface area contributed by atoms with E-state index in [0.29, 0.717) is 30.3 Å². The molecule has 0 heterocycles. The van der Waals surface area contributed by atoms with Gasteiger partial charge in [-0.1, -0.05) is 5.57 Å². The smallest absolute Gasteiger partial charge is 0.162 e. The Labute approximate surface area is 102 Å². The van der Waals surface area contributed by atoms with Gasteiger partial charge < -0.3 is 9.47 Å². The average Bonchev–Trinajstić information content (AvgIpc) is 2.31. The lowest BCUT2D eigenvalue weighted by Gasteiger charge is -2.10. The Morgan fingerprint density at radius 3 is 2.65 bits per heavy atom. The summed E-state index contributed by atoms with van der Waals surface area (Å²) < 4.78 is 11.0. The van der Waals surface area contributed by atoms with Gasteiger partial charge in [0.1, 0.15) is 6.61 Å². The third kappa shape index (κ3) is 4.20. The van der Waals surface area contributed by atoms with Crippen LogP contribution in [0.5, 0.6) is 11.5 Å². The van der Waals surface area contributed by atoms with Crippen LogP contribution in [0.2, 0.25) is 0 Å². The zero-order valence-corrected chi connectivity index (χ0v) is 10.5. The first-order valence-electron chi connectivity index (χ1n) is 5.60. The van der Waals surface area contributed by atoms with E-state index in [0.717, 1.165) is 0 Å². The zero-order valence-electron chi connectivity index (χ0n) is 10.5. The third-order valence-electron chi connectivity index (χ3n) is 2.10. The summed E-state index contributed by atoms with van der Waals surface area (Å²) in [6.45, 7) is 7.00. The standard InChI is InChI=1S/C14H17NO2/c1-4-16-14-9-12(10-15)5-6-13(14)17-8-7-11(2)3/h5-7,9H,4,8H2,1-3H3. The molecule has 1 aromatic carbocycles. The molecule has 0 N–H and O–H groups in total. The topological polar surface area (TPSA) is 42.2 Å². The van der Waals surface area contributed by atoms with Crippen molar-refractivity contribution in [3.05, 3.63) is 35.4 Å². The minimum atomic E-state index is 0.508. The van der Waals surface area contributed by atoms with Crippen molar-refractivity contribution in [2.24, 2.45) is 0 Å². The van der Waals surface area contributed by atoms with Crippen LogP contribution in [0.4, 0.5) is 0 Å². The number of nitriles is 1. The molecule has 90 valence electrons. The van der Waals surface area contributed by atoms with Crippen molar-refractivity contribution in [1.82, 2.24) is 0 Å². The van der Waals surface area contributed by atoms with Gasteiger partial charge in [0.25, 0.3) is 0 Å². The molecule has 0 unspecified atom stereocenters. The summed E-state index contributed by atoms with van der Waals surface area (Å²) in [5.41, 5.74) is 1.78. The lowest BCUT2D eigenvalue weighted by molar-refractivity contribution is 0.296. The van der Waals surface area contributed by atoms with E-state index in [-0.39, 0.29) is 0 Å². The van der Waals surface area contributed by atoms with E-state index in [4.69, 9.17) is 14.7 Å². The Balaban J connectivity index is 2.83. The summed E-state index contributed by atoms with van der Waals surface area (Å²) in [7, 11) is 0. The number of allylic oxidation sites excluding steroid dienone is 1. The maximum atomic E-state index is 8.81. The molecule has 1 rings (SSSR count). The number of hydrogen-bond acceptors (Lipinski definition) is 3. The lowest BCUT2D eigenvalue weighted by atomic mass is 10.2. The summed E-state index contributed by atoms with van der Waals surface area (Å²) in [5.74, 6) is 1.29. The summed E-state index contributed by atoms with van der Waals surface area (Å²) in [5, 5.41) is 8.81. The van der Waals surface area contributed by atoms with Crippen molar-refractivity contribution in [2.45, 2.75) is 20.8 Å². The molecule has 0 fully saturated rings. The van der Waals surface area contributed by atoms with Crippen LogP contribution >= 0.6 is 0 Å². The number of ether oxygens (including phenoxy) is 2. The first-order chi connectivity index (χ1) is 8.17. The molecule has 1 aromatic rings. The molecule has 0 spiro atoms. The molecule has 3 heteroatoms. The SMILES string of the molecule is CCOc1cc(C#N)ccc1OCC=C(C)C. The fraction of sp³-hybridized carbons (Fsp3) is 0.357. The zero-order chi connectivity index (χ0) is 12.7. The van der Waals surface area contributed by atoms with Crippen LogP contribution in [0.25, 0.3) is 0 Å². The highest BCUT2D eigenvalue weighted by atomic mass is 16.5. The first-order valence-corrected chi connectivity index (χ1v) is 5.60. The van der Waals surface area contributed by atoms with Crippen molar-refractivity contribution in [1.29, 1.82) is 5.26 Å². The predicted molar refractivity (Wildman–Crippen MR) is 67.3 cm³/mol. The molecule has 0 aliphatic rings. The molecule has 0 saturated heterocycles. The molecule has 0 aromatic heterocycles. The molecular formula is C14H17NO2. The second kappa shape index (κ2) is 6.59. The molecule has 3 nitrogen and oxygen atoms in total. The maximum absolute atomic E-state index is 8.81. The quantitative estimate of drug-likeness (QED) is 0.730. The molecule has 17 heavy (non-hydrogen) atoms. The maximum Gasteiger partial charge on any atom is 0.162 e. The lowest BCUT2D eigenvalue weighted by Crippen LogP contribution is -1.99. The van der Waals surface area contributed by atoms with E-state index in [1.165, 1.54) is 5.57 Å². The van der Waals surface area contributed by atoms with Gasteiger partial charge in [-0.15, -0.1) is 0 Å². The summed E-state index contributed by atoms with van der Waals surface area (Å²) >= 11 is 0. The Kier molecular flexibility index (Phi) is 5.09. The Morgan fingerprint density at radius 1 is 1.29 bits per heavy atom. The Hall–Kier alpha value is -1.95. The normalized spacial score (nSPS) is 9.29. The highest BCUT2D eigenvalue weighted by molar-refractivity contribution is 5.46. The average molecular weight is 231 g/mol. The van der Waals surface area contributed by atoms with Gasteiger partial charge in [0.15, 0.2) is 11.5 Å². The van der Waals surface area contributed by atoms with Crippen molar-refractivity contribution >= 4 is 0 Å². The first kappa shape index (κ1) is 13.1. The van der Waals surface area contributed by atoms with Crippen molar-refractivity contribution in [2.75, 3.05) is 13.2 Å². The molecule has 0 radical (unpaired) electrons. The largest absolute Gasteiger partial charge is 0.490 e. The number of rotatable bonds is 5. The van der Waals surface area contributed by atoms with Gasteiger partial charge in [-0.2, -0.15) is 5.26 Å². The molecular weight excluding hydrogens is 214 g/mol. The fourth-order valence-corrected chi connectivity index (χ4v) is 1.26. The van der Waals surface area contributed by atoms with Crippen LogP contribution in [0.3, 0.4) is 0 Å². The van der Waals surface area contributed by atoms with Gasteiger partial charge in [-0.25, -0.2) is 0 Å². The van der Waals surface area contributed by atoms with E-state index in [1.807, 2.05) is 26.8 Å². The molecule has 0 atom stereocenters. The van der Waals surface area contributed by atoms with Crippen molar-refractivity contribution < 1.29 is 9.47 Å². The third-order valence-corrected chi connectivity index (χ3v) is 2.10.